The van der Waals surface area contributed by atoms with Gasteiger partial charge < -0.3 is 9.64 Å². The predicted molar refractivity (Wildman–Crippen MR) is 75.8 cm³/mol. The Labute approximate surface area is 114 Å². The third-order valence-electron chi connectivity index (χ3n) is 3.00. The molecule has 0 amide bonds. The number of hydrogen-bond acceptors (Lipinski definition) is 4. The molecule has 0 N–H and O–H groups in total. The SMILES string of the molecule is CCN(CC)CCCC(OC(C)=O)c1cccs1. The van der Waals surface area contributed by atoms with Crippen molar-refractivity contribution >= 4 is 17.3 Å². The molecule has 1 aromatic heterocycles. The molecule has 0 aromatic carbocycles. The largest absolute Gasteiger partial charge is 0.457 e. The molecule has 1 heterocycles. The summed E-state index contributed by atoms with van der Waals surface area (Å²) in [4.78, 5) is 14.7. The van der Waals surface area contributed by atoms with E-state index in [-0.39, 0.29) is 12.1 Å². The number of rotatable bonds is 8. The summed E-state index contributed by atoms with van der Waals surface area (Å²) in [5, 5.41) is 2.02. The van der Waals surface area contributed by atoms with Gasteiger partial charge in [0, 0.05) is 11.8 Å². The highest BCUT2D eigenvalue weighted by atomic mass is 32.1. The molecule has 1 atom stereocenters. The Kier molecular flexibility index (Phi) is 6.98. The van der Waals surface area contributed by atoms with Crippen LogP contribution in [0.4, 0.5) is 0 Å². The van der Waals surface area contributed by atoms with E-state index >= 15 is 0 Å². The molecule has 0 spiro atoms. The average molecular weight is 269 g/mol. The standard InChI is InChI=1S/C14H23NO2S/c1-4-15(5-2)10-6-8-13(17-12(3)16)14-9-7-11-18-14/h7,9,11,13H,4-6,8,10H2,1-3H3. The van der Waals surface area contributed by atoms with Gasteiger partial charge in [0.15, 0.2) is 0 Å². The molecular formula is C14H23NO2S. The lowest BCUT2D eigenvalue weighted by Crippen LogP contribution is -2.24. The zero-order chi connectivity index (χ0) is 13.4. The minimum atomic E-state index is -0.198. The fourth-order valence-corrected chi connectivity index (χ4v) is 2.76. The Balaban J connectivity index is 2.45. The molecule has 3 nitrogen and oxygen atoms in total. The molecule has 0 fully saturated rings. The molecule has 1 unspecified atom stereocenters. The van der Waals surface area contributed by atoms with Crippen molar-refractivity contribution in [3.05, 3.63) is 22.4 Å². The predicted octanol–water partition coefficient (Wildman–Crippen LogP) is 3.47. The molecule has 0 aliphatic rings. The zero-order valence-corrected chi connectivity index (χ0v) is 12.3. The molecule has 18 heavy (non-hydrogen) atoms. The smallest absolute Gasteiger partial charge is 0.303 e. The number of hydrogen-bond donors (Lipinski definition) is 0. The van der Waals surface area contributed by atoms with E-state index in [2.05, 4.69) is 18.7 Å². The second kappa shape index (κ2) is 8.27. The first kappa shape index (κ1) is 15.2. The maximum absolute atomic E-state index is 11.1. The lowest BCUT2D eigenvalue weighted by Gasteiger charge is -2.20. The number of esters is 1. The van der Waals surface area contributed by atoms with Crippen LogP contribution in [0.1, 0.15) is 44.6 Å². The van der Waals surface area contributed by atoms with Crippen molar-refractivity contribution in [1.29, 1.82) is 0 Å². The summed E-state index contributed by atoms with van der Waals surface area (Å²) in [5.41, 5.74) is 0. The van der Waals surface area contributed by atoms with Crippen LogP contribution in [-0.4, -0.2) is 30.5 Å². The van der Waals surface area contributed by atoms with Crippen molar-refractivity contribution in [3.8, 4) is 0 Å². The molecule has 0 saturated heterocycles. The maximum atomic E-state index is 11.1. The Hall–Kier alpha value is -0.870. The summed E-state index contributed by atoms with van der Waals surface area (Å²) in [6.07, 6.45) is 1.88. The Morgan fingerprint density at radius 1 is 1.44 bits per heavy atom. The summed E-state index contributed by atoms with van der Waals surface area (Å²) in [6.45, 7) is 9.04. The van der Waals surface area contributed by atoms with E-state index in [1.54, 1.807) is 11.3 Å². The van der Waals surface area contributed by atoms with Gasteiger partial charge in [-0.3, -0.25) is 4.79 Å². The molecule has 0 aliphatic carbocycles. The summed E-state index contributed by atoms with van der Waals surface area (Å²) >= 11 is 1.65. The third-order valence-corrected chi connectivity index (χ3v) is 3.97. The lowest BCUT2D eigenvalue weighted by molar-refractivity contribution is -0.147. The number of thiophene rings is 1. The molecule has 4 heteroatoms. The highest BCUT2D eigenvalue weighted by Crippen LogP contribution is 2.27. The summed E-state index contributed by atoms with van der Waals surface area (Å²) < 4.78 is 5.40. The Morgan fingerprint density at radius 3 is 2.67 bits per heavy atom. The van der Waals surface area contributed by atoms with Gasteiger partial charge in [0.1, 0.15) is 6.10 Å². The van der Waals surface area contributed by atoms with E-state index in [1.165, 1.54) is 6.92 Å². The number of ether oxygens (including phenoxy) is 1. The Bertz CT molecular complexity index is 334. The molecule has 0 saturated carbocycles. The molecular weight excluding hydrogens is 246 g/mol. The van der Waals surface area contributed by atoms with E-state index < -0.39 is 0 Å². The van der Waals surface area contributed by atoms with E-state index in [0.29, 0.717) is 0 Å². The fourth-order valence-electron chi connectivity index (χ4n) is 1.97. The molecule has 1 rings (SSSR count). The number of carbonyl (C=O) groups excluding carboxylic acids is 1. The first-order valence-electron chi connectivity index (χ1n) is 6.60. The van der Waals surface area contributed by atoms with Crippen LogP contribution in [0.5, 0.6) is 0 Å². The minimum Gasteiger partial charge on any atom is -0.457 e. The van der Waals surface area contributed by atoms with E-state index in [9.17, 15) is 4.79 Å². The van der Waals surface area contributed by atoms with Crippen LogP contribution in [0.2, 0.25) is 0 Å². The summed E-state index contributed by atoms with van der Waals surface area (Å²) in [5.74, 6) is -0.198. The van der Waals surface area contributed by atoms with Crippen LogP contribution in [0.15, 0.2) is 17.5 Å². The first-order chi connectivity index (χ1) is 8.67. The van der Waals surface area contributed by atoms with Crippen LogP contribution in [0.3, 0.4) is 0 Å². The van der Waals surface area contributed by atoms with Crippen molar-refractivity contribution in [3.63, 3.8) is 0 Å². The van der Waals surface area contributed by atoms with Crippen molar-refractivity contribution in [2.75, 3.05) is 19.6 Å². The normalized spacial score (nSPS) is 12.7. The van der Waals surface area contributed by atoms with Gasteiger partial charge >= 0.3 is 5.97 Å². The highest BCUT2D eigenvalue weighted by Gasteiger charge is 2.15. The van der Waals surface area contributed by atoms with E-state index in [0.717, 1.165) is 37.4 Å². The molecule has 0 aliphatic heterocycles. The quantitative estimate of drug-likeness (QED) is 0.677. The highest BCUT2D eigenvalue weighted by molar-refractivity contribution is 7.10. The van der Waals surface area contributed by atoms with Crippen molar-refractivity contribution in [2.45, 2.75) is 39.7 Å². The number of nitrogens with zero attached hydrogens (tertiary/aromatic N) is 1. The minimum absolute atomic E-state index is 0.0712. The van der Waals surface area contributed by atoms with Crippen molar-refractivity contribution in [2.24, 2.45) is 0 Å². The van der Waals surface area contributed by atoms with Crippen molar-refractivity contribution in [1.82, 2.24) is 4.90 Å². The fraction of sp³-hybridized carbons (Fsp3) is 0.643. The summed E-state index contributed by atoms with van der Waals surface area (Å²) in [6, 6.07) is 4.04. The van der Waals surface area contributed by atoms with Crippen molar-refractivity contribution < 1.29 is 9.53 Å². The van der Waals surface area contributed by atoms with Gasteiger partial charge in [-0.15, -0.1) is 11.3 Å². The van der Waals surface area contributed by atoms with Gasteiger partial charge in [0.2, 0.25) is 0 Å². The maximum Gasteiger partial charge on any atom is 0.303 e. The van der Waals surface area contributed by atoms with Gasteiger partial charge in [-0.2, -0.15) is 0 Å². The van der Waals surface area contributed by atoms with Gasteiger partial charge in [-0.1, -0.05) is 19.9 Å². The average Bonchev–Trinajstić information content (AvgIpc) is 2.86. The second-order valence-corrected chi connectivity index (χ2v) is 5.26. The molecule has 1 aromatic rings. The zero-order valence-electron chi connectivity index (χ0n) is 11.5. The Morgan fingerprint density at radius 2 is 2.17 bits per heavy atom. The topological polar surface area (TPSA) is 29.5 Å². The third kappa shape index (κ3) is 5.19. The summed E-state index contributed by atoms with van der Waals surface area (Å²) in [7, 11) is 0. The monoisotopic (exact) mass is 269 g/mol. The van der Waals surface area contributed by atoms with Gasteiger partial charge in [-0.05, 0) is 43.9 Å². The van der Waals surface area contributed by atoms with Crippen LogP contribution < -0.4 is 0 Å². The lowest BCUT2D eigenvalue weighted by atomic mass is 10.1. The van der Waals surface area contributed by atoms with Crippen LogP contribution >= 0.6 is 11.3 Å². The van der Waals surface area contributed by atoms with E-state index in [4.69, 9.17) is 4.74 Å². The van der Waals surface area contributed by atoms with Gasteiger partial charge in [-0.25, -0.2) is 0 Å². The van der Waals surface area contributed by atoms with Gasteiger partial charge in [0.25, 0.3) is 0 Å². The first-order valence-corrected chi connectivity index (χ1v) is 7.48. The molecule has 0 radical (unpaired) electrons. The molecule has 102 valence electrons. The number of carbonyl (C=O) groups is 1. The van der Waals surface area contributed by atoms with Crippen LogP contribution in [-0.2, 0) is 9.53 Å². The van der Waals surface area contributed by atoms with Crippen LogP contribution in [0, 0.1) is 0 Å². The second-order valence-electron chi connectivity index (χ2n) is 4.28. The van der Waals surface area contributed by atoms with Gasteiger partial charge in [0.05, 0.1) is 0 Å². The van der Waals surface area contributed by atoms with E-state index in [1.807, 2.05) is 17.5 Å². The molecule has 0 bridgehead atoms. The van der Waals surface area contributed by atoms with Crippen LogP contribution in [0.25, 0.3) is 0 Å².